The normalized spacial score (nSPS) is 16.6. The van der Waals surface area contributed by atoms with Gasteiger partial charge in [-0.3, -0.25) is 47.9 Å². The van der Waals surface area contributed by atoms with Crippen LogP contribution in [-0.4, -0.2) is 130 Å². The minimum atomic E-state index is -1.40. The molecule has 1 rings (SSSR count). The highest BCUT2D eigenvalue weighted by atomic mass is 16.4. The van der Waals surface area contributed by atoms with E-state index in [1.165, 1.54) is 4.90 Å². The van der Waals surface area contributed by atoms with Crippen molar-refractivity contribution >= 4 is 59.2 Å². The third-order valence-corrected chi connectivity index (χ3v) is 8.55. The molecule has 1 heterocycles. The average Bonchev–Trinajstić information content (AvgIpc) is 3.57. The number of nitrogens with zero attached hydrogens (tertiary/aromatic N) is 1. The molecule has 0 unspecified atom stereocenters. The lowest BCUT2D eigenvalue weighted by Gasteiger charge is -2.31. The molecule has 21 nitrogen and oxygen atoms in total. The van der Waals surface area contributed by atoms with E-state index >= 15 is 0 Å². The molecule has 0 saturated carbocycles. The Kier molecular flexibility index (Phi) is 19.7. The fourth-order valence-corrected chi connectivity index (χ4v) is 5.68. The Morgan fingerprint density at radius 1 is 0.709 bits per heavy atom. The number of rotatable bonds is 23. The third-order valence-electron chi connectivity index (χ3n) is 8.55. The van der Waals surface area contributed by atoms with Crippen LogP contribution in [0.4, 0.5) is 0 Å². The first kappa shape index (κ1) is 47.7. The SMILES string of the molecule is CC(C)C[C@H](NC(=O)[C@@H](NC(=O)CNC(=O)[C@@H](N)CC(=O)O)C(C)C)C(=O)N[C@H](C(=O)N[C@@H](CCC(N)=O)C(=O)N1CCC[C@H]1C(=O)NCC(=O)O)C(C)C. The van der Waals surface area contributed by atoms with Crippen molar-refractivity contribution in [3.8, 4) is 0 Å². The number of nitrogens with two attached hydrogens (primary N) is 2. The summed E-state index contributed by atoms with van der Waals surface area (Å²) in [6.45, 7) is 8.96. The highest BCUT2D eigenvalue weighted by molar-refractivity contribution is 5.97. The Labute approximate surface area is 319 Å². The first-order chi connectivity index (χ1) is 25.5. The number of likely N-dealkylation sites (tertiary alicyclic amines) is 1. The number of aliphatic carboxylic acids is 2. The minimum Gasteiger partial charge on any atom is -0.481 e. The Balaban J connectivity index is 3.16. The van der Waals surface area contributed by atoms with Gasteiger partial charge in [0, 0.05) is 13.0 Å². The van der Waals surface area contributed by atoms with Crippen LogP contribution < -0.4 is 43.4 Å². The number of carbonyl (C=O) groups excluding carboxylic acids is 8. The van der Waals surface area contributed by atoms with E-state index in [0.29, 0.717) is 6.42 Å². The Morgan fingerprint density at radius 3 is 1.78 bits per heavy atom. The molecule has 0 aromatic rings. The van der Waals surface area contributed by atoms with Crippen LogP contribution in [0.15, 0.2) is 0 Å². The maximum atomic E-state index is 13.7. The van der Waals surface area contributed by atoms with Gasteiger partial charge < -0.3 is 58.5 Å². The number of hydrogen-bond donors (Lipinski definition) is 10. The number of carboxylic acid groups (broad SMARTS) is 2. The highest BCUT2D eigenvalue weighted by Crippen LogP contribution is 2.20. The van der Waals surface area contributed by atoms with Gasteiger partial charge in [0.2, 0.25) is 47.3 Å². The van der Waals surface area contributed by atoms with Crippen LogP contribution >= 0.6 is 0 Å². The summed E-state index contributed by atoms with van der Waals surface area (Å²) in [4.78, 5) is 127. The van der Waals surface area contributed by atoms with Gasteiger partial charge in [-0.15, -0.1) is 0 Å². The van der Waals surface area contributed by atoms with E-state index in [1.54, 1.807) is 41.5 Å². The summed E-state index contributed by atoms with van der Waals surface area (Å²) in [6, 6.07) is -7.39. The molecule has 0 aromatic carbocycles. The van der Waals surface area contributed by atoms with Gasteiger partial charge in [-0.2, -0.15) is 0 Å². The second-order valence-electron chi connectivity index (χ2n) is 14.5. The lowest BCUT2D eigenvalue weighted by Crippen LogP contribution is -2.61. The predicted octanol–water partition coefficient (Wildman–Crippen LogP) is -3.34. The number of hydrogen-bond acceptors (Lipinski definition) is 11. The maximum Gasteiger partial charge on any atom is 0.322 e. The van der Waals surface area contributed by atoms with Crippen LogP contribution in [0, 0.1) is 17.8 Å². The number of primary amides is 1. The summed E-state index contributed by atoms with van der Waals surface area (Å²) in [5.41, 5.74) is 10.8. The Hall–Kier alpha value is -5.34. The summed E-state index contributed by atoms with van der Waals surface area (Å²) in [5.74, 6) is -9.91. The van der Waals surface area contributed by atoms with Crippen molar-refractivity contribution in [1.29, 1.82) is 0 Å². The zero-order chi connectivity index (χ0) is 42.2. The van der Waals surface area contributed by atoms with Gasteiger partial charge in [0.15, 0.2) is 0 Å². The zero-order valence-corrected chi connectivity index (χ0v) is 32.1. The van der Waals surface area contributed by atoms with Gasteiger partial charge in [-0.25, -0.2) is 0 Å². The third kappa shape index (κ3) is 16.7. The summed E-state index contributed by atoms with van der Waals surface area (Å²) >= 11 is 0. The fourth-order valence-electron chi connectivity index (χ4n) is 5.68. The molecular formula is C34H57N9O12. The van der Waals surface area contributed by atoms with Crippen molar-refractivity contribution in [2.45, 2.75) is 116 Å². The van der Waals surface area contributed by atoms with Gasteiger partial charge >= 0.3 is 11.9 Å². The molecule has 0 bridgehead atoms. The highest BCUT2D eigenvalue weighted by Gasteiger charge is 2.39. The maximum absolute atomic E-state index is 13.7. The van der Waals surface area contributed by atoms with E-state index < -0.39 is 127 Å². The van der Waals surface area contributed by atoms with Gasteiger partial charge in [0.1, 0.15) is 36.8 Å². The molecule has 6 atom stereocenters. The number of amides is 8. The van der Waals surface area contributed by atoms with Crippen molar-refractivity contribution in [2.24, 2.45) is 29.2 Å². The molecule has 1 aliphatic rings. The van der Waals surface area contributed by atoms with Crippen molar-refractivity contribution in [3.05, 3.63) is 0 Å². The molecule has 8 amide bonds. The van der Waals surface area contributed by atoms with E-state index in [9.17, 15) is 47.9 Å². The van der Waals surface area contributed by atoms with E-state index in [-0.39, 0.29) is 38.1 Å². The summed E-state index contributed by atoms with van der Waals surface area (Å²) in [6.07, 6.45) is -0.426. The summed E-state index contributed by atoms with van der Waals surface area (Å²) in [5, 5.41) is 32.5. The van der Waals surface area contributed by atoms with Crippen molar-refractivity contribution in [1.82, 2.24) is 36.8 Å². The van der Waals surface area contributed by atoms with Crippen molar-refractivity contribution < 1.29 is 58.2 Å². The van der Waals surface area contributed by atoms with Crippen LogP contribution in [0.3, 0.4) is 0 Å². The number of carboxylic acids is 2. The van der Waals surface area contributed by atoms with E-state index in [2.05, 4.69) is 31.9 Å². The molecule has 55 heavy (non-hydrogen) atoms. The van der Waals surface area contributed by atoms with Crippen LogP contribution in [0.2, 0.25) is 0 Å². The minimum absolute atomic E-state index is 0.111. The molecule has 310 valence electrons. The Bertz CT molecular complexity index is 1440. The quantitative estimate of drug-likeness (QED) is 0.0485. The fraction of sp³-hybridized carbons (Fsp3) is 0.706. The number of carbonyl (C=O) groups is 10. The molecule has 1 saturated heterocycles. The van der Waals surface area contributed by atoms with Crippen molar-refractivity contribution in [3.63, 3.8) is 0 Å². The van der Waals surface area contributed by atoms with Gasteiger partial charge in [-0.05, 0) is 43.4 Å². The van der Waals surface area contributed by atoms with Crippen LogP contribution in [0.5, 0.6) is 0 Å². The summed E-state index contributed by atoms with van der Waals surface area (Å²) < 4.78 is 0. The van der Waals surface area contributed by atoms with E-state index in [1.807, 2.05) is 0 Å². The van der Waals surface area contributed by atoms with Crippen LogP contribution in [-0.2, 0) is 47.9 Å². The summed E-state index contributed by atoms with van der Waals surface area (Å²) in [7, 11) is 0. The second kappa shape index (κ2) is 22.8. The van der Waals surface area contributed by atoms with Crippen molar-refractivity contribution in [2.75, 3.05) is 19.6 Å². The van der Waals surface area contributed by atoms with Gasteiger partial charge in [0.25, 0.3) is 0 Å². The molecule has 0 aliphatic carbocycles. The molecule has 1 aliphatic heterocycles. The standard InChI is InChI=1S/C34H57N9O12/c1-16(2)12-21(40-32(53)27(17(3)4)41-24(45)14-37-29(50)19(35)13-25(46)47)30(51)42-28(18(5)6)33(54)39-20(9-10-23(36)44)34(55)43-11-7-8-22(43)31(52)38-15-26(48)49/h16-22,27-28H,7-15,35H2,1-6H3,(H2,36,44)(H,37,50)(H,38,52)(H,39,54)(H,40,53)(H,41,45)(H,42,51)(H,46,47)(H,48,49)/t19-,20-,21-,22-,27-,28-/m0/s1. The molecule has 12 N–H and O–H groups in total. The zero-order valence-electron chi connectivity index (χ0n) is 32.1. The average molecular weight is 784 g/mol. The van der Waals surface area contributed by atoms with E-state index in [0.717, 1.165) is 0 Å². The Morgan fingerprint density at radius 2 is 1.27 bits per heavy atom. The topological polar surface area (TPSA) is 339 Å². The molecule has 21 heteroatoms. The predicted molar refractivity (Wildman–Crippen MR) is 194 cm³/mol. The smallest absolute Gasteiger partial charge is 0.322 e. The molecule has 0 aromatic heterocycles. The molecule has 0 radical (unpaired) electrons. The van der Waals surface area contributed by atoms with Gasteiger partial charge in [-0.1, -0.05) is 41.5 Å². The first-order valence-corrected chi connectivity index (χ1v) is 18.1. The number of nitrogens with one attached hydrogen (secondary N) is 6. The largest absolute Gasteiger partial charge is 0.481 e. The van der Waals surface area contributed by atoms with E-state index in [4.69, 9.17) is 21.7 Å². The van der Waals surface area contributed by atoms with Gasteiger partial charge in [0.05, 0.1) is 19.0 Å². The molecular weight excluding hydrogens is 726 g/mol. The lowest BCUT2D eigenvalue weighted by molar-refractivity contribution is -0.143. The lowest BCUT2D eigenvalue weighted by atomic mass is 9.98. The molecule has 0 spiro atoms. The molecule has 1 fully saturated rings. The second-order valence-corrected chi connectivity index (χ2v) is 14.5. The van der Waals surface area contributed by atoms with Crippen LogP contribution in [0.1, 0.15) is 80.1 Å². The van der Waals surface area contributed by atoms with Crippen LogP contribution in [0.25, 0.3) is 0 Å². The first-order valence-electron chi connectivity index (χ1n) is 18.1. The monoisotopic (exact) mass is 783 g/mol.